The second kappa shape index (κ2) is 6.98. The summed E-state index contributed by atoms with van der Waals surface area (Å²) in [6.45, 7) is 2.51. The topological polar surface area (TPSA) is 51.2 Å². The van der Waals surface area contributed by atoms with E-state index < -0.39 is 0 Å². The van der Waals surface area contributed by atoms with Crippen LogP contribution in [-0.4, -0.2) is 17.5 Å². The maximum absolute atomic E-state index is 12.1. The molecule has 3 aromatic rings. The van der Waals surface area contributed by atoms with E-state index in [9.17, 15) is 4.79 Å². The van der Waals surface area contributed by atoms with E-state index >= 15 is 0 Å². The molecule has 1 N–H and O–H groups in total. The lowest BCUT2D eigenvalue weighted by Crippen LogP contribution is -2.14. The van der Waals surface area contributed by atoms with Crippen LogP contribution in [0.1, 0.15) is 12.5 Å². The first kappa shape index (κ1) is 15.8. The Kier molecular flexibility index (Phi) is 4.79. The molecule has 0 spiro atoms. The van der Waals surface area contributed by atoms with Crippen LogP contribution in [0.4, 0.5) is 5.13 Å². The van der Waals surface area contributed by atoms with Gasteiger partial charge in [-0.1, -0.05) is 41.1 Å². The first-order valence-corrected chi connectivity index (χ1v) is 8.42. The highest BCUT2D eigenvalue weighted by Crippen LogP contribution is 2.32. The van der Waals surface area contributed by atoms with Crippen molar-refractivity contribution in [1.29, 1.82) is 0 Å². The summed E-state index contributed by atoms with van der Waals surface area (Å²) in [6, 6.07) is 13.0. The fraction of sp³-hybridized carbons (Fsp3) is 0.176. The van der Waals surface area contributed by atoms with Gasteiger partial charge in [0.15, 0.2) is 5.13 Å². The van der Waals surface area contributed by atoms with Crippen molar-refractivity contribution >= 4 is 44.2 Å². The lowest BCUT2D eigenvalue weighted by Gasteiger charge is -2.02. The van der Waals surface area contributed by atoms with Crippen LogP contribution in [0.15, 0.2) is 42.5 Å². The first-order chi connectivity index (χ1) is 11.2. The number of halogens is 1. The third-order valence-electron chi connectivity index (χ3n) is 3.21. The SMILES string of the molecule is CCOc1cccc2sc(NC(=O)Cc3ccc(Cl)cc3)nc12. The molecule has 0 saturated carbocycles. The maximum atomic E-state index is 12.1. The number of thiazole rings is 1. The Bertz CT molecular complexity index is 830. The number of aromatic nitrogens is 1. The van der Waals surface area contributed by atoms with E-state index in [-0.39, 0.29) is 12.3 Å². The predicted octanol–water partition coefficient (Wildman–Crippen LogP) is 4.53. The Morgan fingerprint density at radius 2 is 2.04 bits per heavy atom. The highest BCUT2D eigenvalue weighted by Gasteiger charge is 2.11. The van der Waals surface area contributed by atoms with E-state index in [4.69, 9.17) is 16.3 Å². The van der Waals surface area contributed by atoms with E-state index in [0.717, 1.165) is 21.5 Å². The summed E-state index contributed by atoms with van der Waals surface area (Å²) < 4.78 is 6.55. The largest absolute Gasteiger partial charge is 0.492 e. The molecule has 0 aliphatic carbocycles. The zero-order valence-electron chi connectivity index (χ0n) is 12.5. The number of ether oxygens (including phenoxy) is 1. The van der Waals surface area contributed by atoms with E-state index in [1.807, 2.05) is 37.3 Å². The number of carbonyl (C=O) groups is 1. The smallest absolute Gasteiger partial charge is 0.230 e. The molecule has 0 aliphatic heterocycles. The van der Waals surface area contributed by atoms with Crippen LogP contribution in [0, 0.1) is 0 Å². The number of nitrogens with zero attached hydrogens (tertiary/aromatic N) is 1. The Morgan fingerprint density at radius 3 is 2.78 bits per heavy atom. The molecule has 1 amide bonds. The van der Waals surface area contributed by atoms with Crippen molar-refractivity contribution in [2.24, 2.45) is 0 Å². The summed E-state index contributed by atoms with van der Waals surface area (Å²) in [4.78, 5) is 16.6. The number of carbonyl (C=O) groups excluding carboxylic acids is 1. The third-order valence-corrected chi connectivity index (χ3v) is 4.39. The number of hydrogen-bond acceptors (Lipinski definition) is 4. The van der Waals surface area contributed by atoms with Crippen LogP contribution >= 0.6 is 22.9 Å². The molecule has 1 heterocycles. The standard InChI is InChI=1S/C17H15ClN2O2S/c1-2-22-13-4-3-5-14-16(13)20-17(23-14)19-15(21)10-11-6-8-12(18)9-7-11/h3-9H,2,10H2,1H3,(H,19,20,21). The van der Waals surface area contributed by atoms with E-state index in [0.29, 0.717) is 16.8 Å². The average Bonchev–Trinajstić information content (AvgIpc) is 2.93. The average molecular weight is 347 g/mol. The minimum absolute atomic E-state index is 0.107. The molecule has 4 nitrogen and oxygen atoms in total. The zero-order valence-corrected chi connectivity index (χ0v) is 14.1. The van der Waals surface area contributed by atoms with E-state index in [1.54, 1.807) is 12.1 Å². The van der Waals surface area contributed by atoms with Gasteiger partial charge in [0.05, 0.1) is 17.7 Å². The maximum Gasteiger partial charge on any atom is 0.230 e. The summed E-state index contributed by atoms with van der Waals surface area (Å²) in [7, 11) is 0. The molecule has 23 heavy (non-hydrogen) atoms. The molecule has 118 valence electrons. The van der Waals surface area contributed by atoms with Crippen molar-refractivity contribution in [1.82, 2.24) is 4.98 Å². The summed E-state index contributed by atoms with van der Waals surface area (Å²) in [6.07, 6.45) is 0.283. The highest BCUT2D eigenvalue weighted by molar-refractivity contribution is 7.22. The normalized spacial score (nSPS) is 10.7. The van der Waals surface area contributed by atoms with Crippen LogP contribution in [0.25, 0.3) is 10.2 Å². The van der Waals surface area contributed by atoms with Gasteiger partial charge in [-0.2, -0.15) is 0 Å². The van der Waals surface area contributed by atoms with Crippen LogP contribution in [-0.2, 0) is 11.2 Å². The zero-order chi connectivity index (χ0) is 16.2. The fourth-order valence-electron chi connectivity index (χ4n) is 2.20. The number of nitrogens with one attached hydrogen (secondary N) is 1. The molecule has 0 aliphatic rings. The van der Waals surface area contributed by atoms with Gasteiger partial charge in [-0.3, -0.25) is 4.79 Å². The second-order valence-corrected chi connectivity index (χ2v) is 6.37. The van der Waals surface area contributed by atoms with Crippen molar-refractivity contribution in [3.63, 3.8) is 0 Å². The Labute approximate surface area is 143 Å². The minimum Gasteiger partial charge on any atom is -0.492 e. The Morgan fingerprint density at radius 1 is 1.26 bits per heavy atom. The number of anilines is 1. The van der Waals surface area contributed by atoms with E-state index in [2.05, 4.69) is 10.3 Å². The molecular formula is C17H15ClN2O2S. The molecule has 0 unspecified atom stereocenters. The number of hydrogen-bond donors (Lipinski definition) is 1. The third kappa shape index (κ3) is 3.81. The van der Waals surface area contributed by atoms with Crippen molar-refractivity contribution in [2.75, 3.05) is 11.9 Å². The molecule has 0 atom stereocenters. The van der Waals surface area contributed by atoms with Gasteiger partial charge < -0.3 is 10.1 Å². The van der Waals surface area contributed by atoms with Crippen LogP contribution in [0.2, 0.25) is 5.02 Å². The summed E-state index contributed by atoms with van der Waals surface area (Å²) >= 11 is 7.28. The monoisotopic (exact) mass is 346 g/mol. The van der Waals surface area contributed by atoms with Crippen LogP contribution < -0.4 is 10.1 Å². The quantitative estimate of drug-likeness (QED) is 0.738. The van der Waals surface area contributed by atoms with Crippen LogP contribution in [0.3, 0.4) is 0 Å². The van der Waals surface area contributed by atoms with Gasteiger partial charge in [-0.25, -0.2) is 4.98 Å². The highest BCUT2D eigenvalue weighted by atomic mass is 35.5. The first-order valence-electron chi connectivity index (χ1n) is 7.22. The molecule has 0 saturated heterocycles. The minimum atomic E-state index is -0.107. The van der Waals surface area contributed by atoms with Gasteiger partial charge in [-0.05, 0) is 36.8 Å². The number of amides is 1. The molecule has 6 heteroatoms. The molecule has 1 aromatic heterocycles. The predicted molar refractivity (Wildman–Crippen MR) is 94.6 cm³/mol. The van der Waals surface area contributed by atoms with Gasteiger partial charge in [-0.15, -0.1) is 0 Å². The summed E-state index contributed by atoms with van der Waals surface area (Å²) in [5.74, 6) is 0.629. The lowest BCUT2D eigenvalue weighted by atomic mass is 10.1. The molecule has 2 aromatic carbocycles. The van der Waals surface area contributed by atoms with Gasteiger partial charge in [0.25, 0.3) is 0 Å². The number of fused-ring (bicyclic) bond motifs is 1. The fourth-order valence-corrected chi connectivity index (χ4v) is 3.23. The number of rotatable bonds is 5. The van der Waals surface area contributed by atoms with Crippen molar-refractivity contribution in [3.05, 3.63) is 53.1 Å². The van der Waals surface area contributed by atoms with Gasteiger partial charge in [0.1, 0.15) is 11.3 Å². The summed E-state index contributed by atoms with van der Waals surface area (Å²) in [5, 5.41) is 4.08. The molecular weight excluding hydrogens is 332 g/mol. The van der Waals surface area contributed by atoms with Gasteiger partial charge in [0.2, 0.25) is 5.91 Å². The molecule has 0 fully saturated rings. The van der Waals surface area contributed by atoms with E-state index in [1.165, 1.54) is 11.3 Å². The summed E-state index contributed by atoms with van der Waals surface area (Å²) in [5.41, 5.74) is 1.68. The Balaban J connectivity index is 1.74. The van der Waals surface area contributed by atoms with Crippen molar-refractivity contribution < 1.29 is 9.53 Å². The van der Waals surface area contributed by atoms with Crippen LogP contribution in [0.5, 0.6) is 5.75 Å². The Hall–Kier alpha value is -2.11. The lowest BCUT2D eigenvalue weighted by molar-refractivity contribution is -0.115. The van der Waals surface area contributed by atoms with Gasteiger partial charge in [0, 0.05) is 5.02 Å². The number of benzene rings is 2. The molecule has 0 bridgehead atoms. The van der Waals surface area contributed by atoms with Crippen molar-refractivity contribution in [2.45, 2.75) is 13.3 Å². The van der Waals surface area contributed by atoms with Gasteiger partial charge >= 0.3 is 0 Å². The second-order valence-electron chi connectivity index (χ2n) is 4.91. The molecule has 3 rings (SSSR count). The van der Waals surface area contributed by atoms with Crippen molar-refractivity contribution in [3.8, 4) is 5.75 Å². The number of para-hydroxylation sites is 1. The molecule has 0 radical (unpaired) electrons.